The summed E-state index contributed by atoms with van der Waals surface area (Å²) >= 11 is 0. The van der Waals surface area contributed by atoms with Crippen LogP contribution in [0.4, 0.5) is 19.0 Å². The normalized spacial score (nSPS) is 18.5. The van der Waals surface area contributed by atoms with Crippen LogP contribution in [0.3, 0.4) is 0 Å². The molecule has 3 rings (SSSR count). The molecule has 1 aromatic heterocycles. The maximum Gasteiger partial charge on any atom is 0.416 e. The molecule has 0 spiro atoms. The van der Waals surface area contributed by atoms with Crippen molar-refractivity contribution in [3.8, 4) is 0 Å². The van der Waals surface area contributed by atoms with Crippen molar-refractivity contribution in [1.82, 2.24) is 9.71 Å². The molecule has 0 saturated carbocycles. The summed E-state index contributed by atoms with van der Waals surface area (Å²) in [6, 6.07) is 7.94. The molecule has 10 heteroatoms. The van der Waals surface area contributed by atoms with Gasteiger partial charge in [-0.15, -0.1) is 0 Å². The standard InChI is InChI=1S/C17H18F3N3O3S/c1-21-27(24,25)14-6-7-16(22-10-14)23-8-9-26-15(11-23)12-2-4-13(5-3-12)17(18,19)20/h2-7,10,15,21H,8-9,11H2,1H3. The largest absolute Gasteiger partial charge is 0.416 e. The van der Waals surface area contributed by atoms with Gasteiger partial charge in [0.2, 0.25) is 10.0 Å². The third kappa shape index (κ3) is 4.40. The molecule has 0 aliphatic carbocycles. The number of hydrogen-bond donors (Lipinski definition) is 1. The van der Waals surface area contributed by atoms with Gasteiger partial charge in [0.05, 0.1) is 12.2 Å². The van der Waals surface area contributed by atoms with E-state index in [0.29, 0.717) is 31.1 Å². The highest BCUT2D eigenvalue weighted by Crippen LogP contribution is 2.31. The van der Waals surface area contributed by atoms with Gasteiger partial charge in [0, 0.05) is 19.3 Å². The number of alkyl halides is 3. The van der Waals surface area contributed by atoms with Crippen LogP contribution in [0.5, 0.6) is 0 Å². The highest BCUT2D eigenvalue weighted by molar-refractivity contribution is 7.89. The second kappa shape index (κ2) is 7.45. The Morgan fingerprint density at radius 1 is 1.19 bits per heavy atom. The van der Waals surface area contributed by atoms with Gasteiger partial charge in [0.15, 0.2) is 0 Å². The highest BCUT2D eigenvalue weighted by atomic mass is 32.2. The van der Waals surface area contributed by atoms with Crippen LogP contribution in [0.1, 0.15) is 17.2 Å². The van der Waals surface area contributed by atoms with Crippen LogP contribution in [-0.4, -0.2) is 40.1 Å². The van der Waals surface area contributed by atoms with E-state index in [0.717, 1.165) is 12.1 Å². The fourth-order valence-electron chi connectivity index (χ4n) is 2.78. The fraction of sp³-hybridized carbons (Fsp3) is 0.353. The molecule has 1 atom stereocenters. The molecule has 27 heavy (non-hydrogen) atoms. The summed E-state index contributed by atoms with van der Waals surface area (Å²) in [5.41, 5.74) is -0.0657. The molecule has 0 radical (unpaired) electrons. The molecule has 2 aromatic rings. The molecule has 1 unspecified atom stereocenters. The summed E-state index contributed by atoms with van der Waals surface area (Å²) in [4.78, 5) is 6.15. The van der Waals surface area contributed by atoms with Crippen molar-refractivity contribution in [2.45, 2.75) is 17.2 Å². The van der Waals surface area contributed by atoms with Gasteiger partial charge in [-0.2, -0.15) is 13.2 Å². The summed E-state index contributed by atoms with van der Waals surface area (Å²) in [6.45, 7) is 1.32. The number of rotatable bonds is 4. The van der Waals surface area contributed by atoms with E-state index in [4.69, 9.17) is 4.74 Å². The number of anilines is 1. The second-order valence-corrected chi connectivity index (χ2v) is 7.87. The van der Waals surface area contributed by atoms with Gasteiger partial charge < -0.3 is 9.64 Å². The average molecular weight is 401 g/mol. The maximum absolute atomic E-state index is 12.7. The second-order valence-electron chi connectivity index (χ2n) is 5.98. The minimum Gasteiger partial charge on any atom is -0.370 e. The Hall–Kier alpha value is -2.17. The number of ether oxygens (including phenoxy) is 1. The van der Waals surface area contributed by atoms with E-state index in [1.807, 2.05) is 4.90 Å². The lowest BCUT2D eigenvalue weighted by molar-refractivity contribution is -0.137. The number of morpholine rings is 1. The SMILES string of the molecule is CNS(=O)(=O)c1ccc(N2CCOC(c3ccc(C(F)(F)F)cc3)C2)nc1. The predicted molar refractivity (Wildman–Crippen MR) is 92.8 cm³/mol. The summed E-state index contributed by atoms with van der Waals surface area (Å²) in [6.07, 6.45) is -3.51. The summed E-state index contributed by atoms with van der Waals surface area (Å²) < 4.78 is 69.5. The van der Waals surface area contributed by atoms with Crippen molar-refractivity contribution in [3.63, 3.8) is 0 Å². The third-order valence-corrected chi connectivity index (χ3v) is 5.70. The summed E-state index contributed by atoms with van der Waals surface area (Å²) in [7, 11) is -2.24. The van der Waals surface area contributed by atoms with Gasteiger partial charge in [0.1, 0.15) is 16.8 Å². The van der Waals surface area contributed by atoms with Gasteiger partial charge in [-0.05, 0) is 36.9 Å². The van der Waals surface area contributed by atoms with Crippen LogP contribution < -0.4 is 9.62 Å². The number of hydrogen-bond acceptors (Lipinski definition) is 5. The lowest BCUT2D eigenvalue weighted by atomic mass is 10.1. The fourth-order valence-corrected chi connectivity index (χ4v) is 3.46. The third-order valence-electron chi connectivity index (χ3n) is 4.30. The van der Waals surface area contributed by atoms with Crippen LogP contribution in [0, 0.1) is 0 Å². The highest BCUT2D eigenvalue weighted by Gasteiger charge is 2.31. The maximum atomic E-state index is 12.7. The van der Waals surface area contributed by atoms with Crippen molar-refractivity contribution in [2.75, 3.05) is 31.6 Å². The zero-order valence-electron chi connectivity index (χ0n) is 14.4. The summed E-state index contributed by atoms with van der Waals surface area (Å²) in [5.74, 6) is 0.574. The Labute approximate surface area is 155 Å². The number of nitrogens with one attached hydrogen (secondary N) is 1. The molecule has 1 aliphatic rings. The molecule has 6 nitrogen and oxygen atoms in total. The Morgan fingerprint density at radius 2 is 1.89 bits per heavy atom. The van der Waals surface area contributed by atoms with Crippen molar-refractivity contribution in [3.05, 3.63) is 53.7 Å². The van der Waals surface area contributed by atoms with Crippen molar-refractivity contribution in [1.29, 1.82) is 0 Å². The van der Waals surface area contributed by atoms with Crippen molar-refractivity contribution in [2.24, 2.45) is 0 Å². The molecule has 0 bridgehead atoms. The molecule has 1 aromatic carbocycles. The Balaban J connectivity index is 1.74. The lowest BCUT2D eigenvalue weighted by Gasteiger charge is -2.34. The quantitative estimate of drug-likeness (QED) is 0.853. The molecule has 1 aliphatic heterocycles. The molecule has 1 fully saturated rings. The first kappa shape index (κ1) is 19.6. The molecule has 2 heterocycles. The topological polar surface area (TPSA) is 71.5 Å². The van der Waals surface area contributed by atoms with Crippen LogP contribution in [-0.2, 0) is 20.9 Å². The first-order valence-electron chi connectivity index (χ1n) is 8.14. The number of pyridine rings is 1. The summed E-state index contributed by atoms with van der Waals surface area (Å²) in [5, 5.41) is 0. The lowest BCUT2D eigenvalue weighted by Crippen LogP contribution is -2.38. The van der Waals surface area contributed by atoms with Gasteiger partial charge in [-0.3, -0.25) is 0 Å². The van der Waals surface area contributed by atoms with Gasteiger partial charge in [-0.1, -0.05) is 12.1 Å². The number of halogens is 3. The van der Waals surface area contributed by atoms with E-state index >= 15 is 0 Å². The van der Waals surface area contributed by atoms with E-state index in [1.165, 1.54) is 31.4 Å². The Kier molecular flexibility index (Phi) is 5.41. The van der Waals surface area contributed by atoms with Crippen LogP contribution in [0.2, 0.25) is 0 Å². The molecule has 0 amide bonds. The number of benzene rings is 1. The average Bonchev–Trinajstić information content (AvgIpc) is 2.67. The van der Waals surface area contributed by atoms with Crippen LogP contribution in [0.25, 0.3) is 0 Å². The molecular formula is C17H18F3N3O3S. The minimum atomic E-state index is -4.38. The first-order chi connectivity index (χ1) is 12.7. The molecule has 1 saturated heterocycles. The molecular weight excluding hydrogens is 383 g/mol. The predicted octanol–water partition coefficient (Wildman–Crippen LogP) is 2.59. The molecule has 146 valence electrons. The van der Waals surface area contributed by atoms with Gasteiger partial charge in [-0.25, -0.2) is 18.1 Å². The van der Waals surface area contributed by atoms with E-state index < -0.39 is 27.9 Å². The van der Waals surface area contributed by atoms with E-state index in [2.05, 4.69) is 9.71 Å². The van der Waals surface area contributed by atoms with E-state index in [-0.39, 0.29) is 4.90 Å². The van der Waals surface area contributed by atoms with Crippen LogP contribution >= 0.6 is 0 Å². The smallest absolute Gasteiger partial charge is 0.370 e. The van der Waals surface area contributed by atoms with Gasteiger partial charge in [0.25, 0.3) is 0 Å². The molecule has 1 N–H and O–H groups in total. The number of aromatic nitrogens is 1. The zero-order chi connectivity index (χ0) is 19.7. The monoisotopic (exact) mass is 401 g/mol. The van der Waals surface area contributed by atoms with Crippen molar-refractivity contribution < 1.29 is 26.3 Å². The van der Waals surface area contributed by atoms with Crippen LogP contribution in [0.15, 0.2) is 47.5 Å². The number of sulfonamides is 1. The Morgan fingerprint density at radius 3 is 2.44 bits per heavy atom. The first-order valence-corrected chi connectivity index (χ1v) is 9.62. The van der Waals surface area contributed by atoms with Crippen molar-refractivity contribution >= 4 is 15.8 Å². The van der Waals surface area contributed by atoms with Gasteiger partial charge >= 0.3 is 6.18 Å². The zero-order valence-corrected chi connectivity index (χ0v) is 15.2. The van der Waals surface area contributed by atoms with E-state index in [1.54, 1.807) is 6.07 Å². The number of nitrogens with zero attached hydrogens (tertiary/aromatic N) is 2. The minimum absolute atomic E-state index is 0.0568. The Bertz CT molecular complexity index is 884. The van der Waals surface area contributed by atoms with E-state index in [9.17, 15) is 21.6 Å².